The molecule has 0 aliphatic rings. The number of halogens is 6. The van der Waals surface area contributed by atoms with E-state index in [4.69, 9.17) is 0 Å². The third-order valence-corrected chi connectivity index (χ3v) is 5.83. The van der Waals surface area contributed by atoms with Crippen molar-refractivity contribution < 1.29 is 41.0 Å². The van der Waals surface area contributed by atoms with Crippen LogP contribution in [0.1, 0.15) is 59.9 Å². The molecule has 0 bridgehead atoms. The zero-order chi connectivity index (χ0) is 26.0. The summed E-state index contributed by atoms with van der Waals surface area (Å²) in [6.07, 6.45) is -11.4. The van der Waals surface area contributed by atoms with Crippen molar-refractivity contribution in [3.05, 3.63) is 23.8 Å². The van der Waals surface area contributed by atoms with E-state index < -0.39 is 58.9 Å². The predicted octanol–water partition coefficient (Wildman–Crippen LogP) is 5.53. The third kappa shape index (κ3) is 6.42. The summed E-state index contributed by atoms with van der Waals surface area (Å²) in [4.78, 5) is 24.6. The first-order valence-corrected chi connectivity index (χ1v) is 10.3. The Hall–Kier alpha value is -2.24. The van der Waals surface area contributed by atoms with E-state index in [1.165, 1.54) is 6.07 Å². The minimum atomic E-state index is -6.15. The van der Waals surface area contributed by atoms with Crippen LogP contribution in [-0.2, 0) is 10.4 Å². The maximum absolute atomic E-state index is 13.6. The van der Waals surface area contributed by atoms with Crippen molar-refractivity contribution in [1.29, 1.82) is 0 Å². The van der Waals surface area contributed by atoms with Gasteiger partial charge < -0.3 is 20.5 Å². The van der Waals surface area contributed by atoms with Crippen LogP contribution in [0.5, 0.6) is 0 Å². The van der Waals surface area contributed by atoms with Crippen molar-refractivity contribution in [1.82, 2.24) is 0 Å². The average molecular weight is 482 g/mol. The standard InChI is InChI=1S/C21H29BF6N2O3/c1-7-17(3,4)15(31)22-16(32)29-14-10-9-12(30-18(5,6)8-2)11-13(14)19(33,20(23,24)25)21(26,27)28/h9-11,22,30,33H,7-8H2,1-6H3,(H,29,32). The summed E-state index contributed by atoms with van der Waals surface area (Å²) < 4.78 is 81.6. The van der Waals surface area contributed by atoms with E-state index in [1.54, 1.807) is 41.5 Å². The molecule has 0 fully saturated rings. The molecule has 1 aromatic carbocycles. The summed E-state index contributed by atoms with van der Waals surface area (Å²) in [7, 11) is -0.750. The molecular formula is C21H29BF6N2O3. The van der Waals surface area contributed by atoms with Crippen LogP contribution in [0.4, 0.5) is 42.5 Å². The highest BCUT2D eigenvalue weighted by molar-refractivity contribution is 6.98. The summed E-state index contributed by atoms with van der Waals surface area (Å²) in [5.74, 6) is -1.09. The number of alkyl halides is 6. The van der Waals surface area contributed by atoms with Crippen LogP contribution in [-0.4, -0.2) is 41.8 Å². The molecule has 0 radical (unpaired) electrons. The number of anilines is 2. The van der Waals surface area contributed by atoms with Crippen molar-refractivity contribution >= 4 is 30.1 Å². The van der Waals surface area contributed by atoms with Gasteiger partial charge in [-0.1, -0.05) is 27.7 Å². The number of carbonyl (C=O) groups is 2. The Kier molecular flexibility index (Phi) is 8.34. The number of amides is 1. The van der Waals surface area contributed by atoms with Gasteiger partial charge >= 0.3 is 19.6 Å². The smallest absolute Gasteiger partial charge is 0.380 e. The minimum Gasteiger partial charge on any atom is -0.380 e. The number of carbonyl (C=O) groups excluding carboxylic acids is 2. The molecule has 0 unspecified atom stereocenters. The molecule has 12 heteroatoms. The monoisotopic (exact) mass is 482 g/mol. The highest BCUT2D eigenvalue weighted by atomic mass is 19.4. The van der Waals surface area contributed by atoms with Gasteiger partial charge in [-0.2, -0.15) is 26.3 Å². The zero-order valence-electron chi connectivity index (χ0n) is 19.4. The van der Waals surface area contributed by atoms with E-state index in [2.05, 4.69) is 5.32 Å². The molecule has 1 rings (SSSR count). The highest BCUT2D eigenvalue weighted by Gasteiger charge is 2.72. The SMILES string of the molecule is CCC(C)(C)Nc1ccc(NC(=O)BC(=O)C(C)(C)CC)c(C(O)(C(F)(F)F)C(F)(F)F)c1. The lowest BCUT2D eigenvalue weighted by molar-refractivity contribution is -0.376. The lowest BCUT2D eigenvalue weighted by Crippen LogP contribution is -2.54. The van der Waals surface area contributed by atoms with Gasteiger partial charge in [0.2, 0.25) is 0 Å². The fourth-order valence-corrected chi connectivity index (χ4v) is 2.75. The van der Waals surface area contributed by atoms with Gasteiger partial charge in [0.05, 0.1) is 0 Å². The number of rotatable bonds is 9. The van der Waals surface area contributed by atoms with Crippen LogP contribution in [0.3, 0.4) is 0 Å². The lowest BCUT2D eigenvalue weighted by atomic mass is 9.61. The normalized spacial score (nSPS) is 13.5. The number of aliphatic hydroxyl groups is 1. The third-order valence-electron chi connectivity index (χ3n) is 5.83. The van der Waals surface area contributed by atoms with Gasteiger partial charge in [-0.3, -0.25) is 4.79 Å². The van der Waals surface area contributed by atoms with Crippen LogP contribution < -0.4 is 10.6 Å². The quantitative estimate of drug-likeness (QED) is 0.320. The zero-order valence-corrected chi connectivity index (χ0v) is 19.4. The van der Waals surface area contributed by atoms with Crippen LogP contribution in [0.15, 0.2) is 18.2 Å². The Morgan fingerprint density at radius 2 is 1.45 bits per heavy atom. The van der Waals surface area contributed by atoms with Crippen LogP contribution in [0.2, 0.25) is 0 Å². The van der Waals surface area contributed by atoms with Gasteiger partial charge in [-0.25, -0.2) is 0 Å². The molecule has 1 aromatic rings. The number of benzene rings is 1. The molecule has 0 spiro atoms. The first kappa shape index (κ1) is 28.8. The van der Waals surface area contributed by atoms with Gasteiger partial charge in [0.25, 0.3) is 5.60 Å². The van der Waals surface area contributed by atoms with Gasteiger partial charge in [0.1, 0.15) is 5.68 Å². The highest BCUT2D eigenvalue weighted by Crippen LogP contribution is 2.52. The Balaban J connectivity index is 3.58. The van der Waals surface area contributed by atoms with Gasteiger partial charge in [-0.05, 0) is 44.9 Å². The van der Waals surface area contributed by atoms with E-state index >= 15 is 0 Å². The second-order valence-corrected chi connectivity index (χ2v) is 9.21. The van der Waals surface area contributed by atoms with E-state index in [9.17, 15) is 41.0 Å². The molecule has 1 amide bonds. The molecule has 0 saturated carbocycles. The van der Waals surface area contributed by atoms with Crippen molar-refractivity contribution in [3.8, 4) is 0 Å². The van der Waals surface area contributed by atoms with Gasteiger partial charge in [0, 0.05) is 27.9 Å². The second kappa shape index (κ2) is 9.56. The molecule has 0 atom stereocenters. The van der Waals surface area contributed by atoms with E-state index in [0.717, 1.165) is 6.07 Å². The summed E-state index contributed by atoms with van der Waals surface area (Å²) in [6.45, 7) is 9.96. The molecular weight excluding hydrogens is 453 g/mol. The van der Waals surface area contributed by atoms with Crippen LogP contribution >= 0.6 is 0 Å². The Morgan fingerprint density at radius 3 is 1.88 bits per heavy atom. The fourth-order valence-electron chi connectivity index (χ4n) is 2.75. The van der Waals surface area contributed by atoms with Crippen molar-refractivity contribution in [2.24, 2.45) is 5.41 Å². The molecule has 186 valence electrons. The molecule has 0 saturated heterocycles. The van der Waals surface area contributed by atoms with Gasteiger partial charge in [-0.15, -0.1) is 0 Å². The lowest BCUT2D eigenvalue weighted by Gasteiger charge is -2.35. The number of nitrogens with one attached hydrogen (secondary N) is 2. The van der Waals surface area contributed by atoms with Crippen molar-refractivity contribution in [2.45, 2.75) is 77.9 Å². The van der Waals surface area contributed by atoms with Crippen LogP contribution in [0, 0.1) is 5.41 Å². The topological polar surface area (TPSA) is 78.4 Å². The molecule has 0 aliphatic heterocycles. The average Bonchev–Trinajstić information content (AvgIpc) is 2.66. The van der Waals surface area contributed by atoms with Crippen molar-refractivity contribution in [3.63, 3.8) is 0 Å². The molecule has 5 nitrogen and oxygen atoms in total. The first-order chi connectivity index (χ1) is 14.7. The summed E-state index contributed by atoms with van der Waals surface area (Å²) in [5.41, 5.74) is -10.0. The minimum absolute atomic E-state index is 0.120. The molecule has 0 aliphatic carbocycles. The number of hydrogen-bond acceptors (Lipinski definition) is 4. The Bertz CT molecular complexity index is 868. The second-order valence-electron chi connectivity index (χ2n) is 9.21. The molecule has 3 N–H and O–H groups in total. The Morgan fingerprint density at radius 1 is 0.939 bits per heavy atom. The van der Waals surface area contributed by atoms with Gasteiger partial charge in [0.15, 0.2) is 5.81 Å². The first-order valence-electron chi connectivity index (χ1n) is 10.3. The predicted molar refractivity (Wildman–Crippen MR) is 116 cm³/mol. The van der Waals surface area contributed by atoms with Crippen LogP contribution in [0.25, 0.3) is 0 Å². The largest absolute Gasteiger partial charge is 0.430 e. The summed E-state index contributed by atoms with van der Waals surface area (Å²) in [5, 5.41) is 14.7. The summed E-state index contributed by atoms with van der Waals surface area (Å²) in [6, 6.07) is 2.52. The maximum atomic E-state index is 13.6. The van der Waals surface area contributed by atoms with E-state index in [-0.39, 0.29) is 5.69 Å². The number of hydrogen-bond donors (Lipinski definition) is 3. The fraction of sp³-hybridized carbons (Fsp3) is 0.619. The van der Waals surface area contributed by atoms with E-state index in [1.807, 2.05) is 5.32 Å². The molecule has 0 aromatic heterocycles. The Labute approximate surface area is 189 Å². The van der Waals surface area contributed by atoms with E-state index in [0.29, 0.717) is 18.9 Å². The molecule has 33 heavy (non-hydrogen) atoms. The van der Waals surface area contributed by atoms with Crippen molar-refractivity contribution in [2.75, 3.05) is 10.6 Å². The summed E-state index contributed by atoms with van der Waals surface area (Å²) >= 11 is 0. The molecule has 0 heterocycles. The maximum Gasteiger partial charge on any atom is 0.430 e.